The highest BCUT2D eigenvalue weighted by atomic mass is 35.5. The summed E-state index contributed by atoms with van der Waals surface area (Å²) in [5.41, 5.74) is 3.72. The number of amides is 1. The molecule has 0 heterocycles. The van der Waals surface area contributed by atoms with E-state index in [0.717, 1.165) is 22.3 Å². The third-order valence-corrected chi connectivity index (χ3v) is 7.34. The monoisotopic (exact) mass is 555 g/mol. The summed E-state index contributed by atoms with van der Waals surface area (Å²) in [6.45, 7) is 0.0870. The lowest BCUT2D eigenvalue weighted by Gasteiger charge is -2.25. The van der Waals surface area contributed by atoms with Gasteiger partial charge in [0.15, 0.2) is 0 Å². The second kappa shape index (κ2) is 11.2. The van der Waals surface area contributed by atoms with E-state index in [2.05, 4.69) is 5.32 Å². The second-order valence-corrected chi connectivity index (χ2v) is 10.3. The van der Waals surface area contributed by atoms with Crippen LogP contribution >= 0.6 is 11.6 Å². The number of carbonyl (C=O) groups excluding carboxylic acids is 1. The minimum Gasteiger partial charge on any atom is -0.489 e. The normalized spacial score (nSPS) is 15.7. The van der Waals surface area contributed by atoms with Gasteiger partial charge in [-0.1, -0.05) is 72.3 Å². The molecule has 0 bridgehead atoms. The van der Waals surface area contributed by atoms with Crippen molar-refractivity contribution < 1.29 is 29.3 Å². The molecule has 8 heteroatoms. The molecule has 1 amide bonds. The molecule has 1 aliphatic rings. The van der Waals surface area contributed by atoms with Crippen molar-refractivity contribution >= 4 is 29.4 Å². The molecule has 5 rings (SSSR count). The first-order valence-electron chi connectivity index (χ1n) is 12.7. The number of carbonyl (C=O) groups is 3. The Hall–Kier alpha value is -4.62. The molecular weight excluding hydrogens is 530 g/mol. The average molecular weight is 556 g/mol. The molecule has 0 spiro atoms. The van der Waals surface area contributed by atoms with Crippen molar-refractivity contribution in [2.45, 2.75) is 31.4 Å². The fourth-order valence-electron chi connectivity index (χ4n) is 5.01. The van der Waals surface area contributed by atoms with Crippen LogP contribution in [0.5, 0.6) is 5.75 Å². The van der Waals surface area contributed by atoms with Crippen LogP contribution < -0.4 is 10.1 Å². The molecule has 0 radical (unpaired) electrons. The highest BCUT2D eigenvalue weighted by Gasteiger charge is 2.45. The molecule has 3 N–H and O–H groups in total. The van der Waals surface area contributed by atoms with Crippen molar-refractivity contribution in [1.29, 1.82) is 0 Å². The van der Waals surface area contributed by atoms with Crippen LogP contribution in [-0.2, 0) is 35.5 Å². The van der Waals surface area contributed by atoms with E-state index >= 15 is 0 Å². The lowest BCUT2D eigenvalue weighted by molar-refractivity contribution is -0.147. The van der Waals surface area contributed by atoms with Gasteiger partial charge in [0.05, 0.1) is 12.0 Å². The topological polar surface area (TPSA) is 113 Å². The van der Waals surface area contributed by atoms with E-state index in [0.29, 0.717) is 21.9 Å². The number of ether oxygens (including phenoxy) is 1. The lowest BCUT2D eigenvalue weighted by Crippen LogP contribution is -2.55. The molecule has 4 aromatic rings. The third-order valence-electron chi connectivity index (χ3n) is 7.09. The Kier molecular flexibility index (Phi) is 7.58. The third kappa shape index (κ3) is 5.84. The Bertz CT molecular complexity index is 1580. The SMILES string of the molecule is O=C(Cc1ccc(OCc2ccccc2C(=O)O)cc1)NC1(C(=O)O)Cc2ccc(-c3ccc(Cl)cc3)cc2C1. The summed E-state index contributed by atoms with van der Waals surface area (Å²) in [5, 5.41) is 22.9. The summed E-state index contributed by atoms with van der Waals surface area (Å²) in [5.74, 6) is -1.96. The van der Waals surface area contributed by atoms with Crippen molar-refractivity contribution in [3.05, 3.63) is 124 Å². The number of aromatic carboxylic acids is 1. The Morgan fingerprint density at radius 3 is 2.20 bits per heavy atom. The Morgan fingerprint density at radius 1 is 0.825 bits per heavy atom. The van der Waals surface area contributed by atoms with E-state index in [1.165, 1.54) is 6.07 Å². The van der Waals surface area contributed by atoms with Gasteiger partial charge in [-0.3, -0.25) is 4.79 Å². The number of nitrogens with one attached hydrogen (secondary N) is 1. The molecule has 0 saturated carbocycles. The van der Waals surface area contributed by atoms with Gasteiger partial charge in [0, 0.05) is 23.4 Å². The van der Waals surface area contributed by atoms with E-state index in [1.54, 1.807) is 42.5 Å². The summed E-state index contributed by atoms with van der Waals surface area (Å²) in [7, 11) is 0. The molecule has 40 heavy (non-hydrogen) atoms. The van der Waals surface area contributed by atoms with Gasteiger partial charge in [-0.15, -0.1) is 0 Å². The summed E-state index contributed by atoms with van der Waals surface area (Å²) in [4.78, 5) is 36.7. The molecule has 0 fully saturated rings. The predicted octanol–water partition coefficient (Wildman–Crippen LogP) is 5.57. The zero-order valence-corrected chi connectivity index (χ0v) is 22.1. The quantitative estimate of drug-likeness (QED) is 0.249. The van der Waals surface area contributed by atoms with Crippen LogP contribution in [-0.4, -0.2) is 33.6 Å². The Balaban J connectivity index is 1.22. The van der Waals surface area contributed by atoms with Crippen molar-refractivity contribution in [2.24, 2.45) is 0 Å². The van der Waals surface area contributed by atoms with Crippen LogP contribution in [0.3, 0.4) is 0 Å². The molecule has 1 unspecified atom stereocenters. The summed E-state index contributed by atoms with van der Waals surface area (Å²) in [6.07, 6.45) is 0.397. The number of halogens is 1. The molecule has 4 aromatic carbocycles. The molecule has 7 nitrogen and oxygen atoms in total. The number of aliphatic carboxylic acids is 1. The maximum atomic E-state index is 13.0. The summed E-state index contributed by atoms with van der Waals surface area (Å²) < 4.78 is 5.73. The van der Waals surface area contributed by atoms with Gasteiger partial charge in [-0.25, -0.2) is 9.59 Å². The molecule has 202 valence electrons. The number of rotatable bonds is 9. The Labute approximate surface area is 236 Å². The first-order valence-corrected chi connectivity index (χ1v) is 13.1. The zero-order chi connectivity index (χ0) is 28.3. The van der Waals surface area contributed by atoms with Gasteiger partial charge in [-0.2, -0.15) is 0 Å². The fourth-order valence-corrected chi connectivity index (χ4v) is 5.13. The molecule has 1 atom stereocenters. The van der Waals surface area contributed by atoms with Crippen molar-refractivity contribution in [1.82, 2.24) is 5.32 Å². The fraction of sp³-hybridized carbons (Fsp3) is 0.156. The largest absolute Gasteiger partial charge is 0.489 e. The first kappa shape index (κ1) is 27.0. The van der Waals surface area contributed by atoms with E-state index in [1.807, 2.05) is 42.5 Å². The summed E-state index contributed by atoms with van der Waals surface area (Å²) in [6, 6.07) is 26.8. The number of benzene rings is 4. The van der Waals surface area contributed by atoms with Gasteiger partial charge < -0.3 is 20.3 Å². The number of hydrogen-bond donors (Lipinski definition) is 3. The highest BCUT2D eigenvalue weighted by Crippen LogP contribution is 2.34. The zero-order valence-electron chi connectivity index (χ0n) is 21.4. The van der Waals surface area contributed by atoms with Crippen LogP contribution in [0.1, 0.15) is 32.6 Å². The van der Waals surface area contributed by atoms with E-state index in [9.17, 15) is 24.6 Å². The molecule has 0 saturated heterocycles. The van der Waals surface area contributed by atoms with Crippen molar-refractivity contribution in [3.63, 3.8) is 0 Å². The van der Waals surface area contributed by atoms with Crippen molar-refractivity contribution in [3.8, 4) is 16.9 Å². The minimum absolute atomic E-state index is 0.00350. The Morgan fingerprint density at radius 2 is 1.50 bits per heavy atom. The highest BCUT2D eigenvalue weighted by molar-refractivity contribution is 6.30. The molecular formula is C32H26ClNO6. The average Bonchev–Trinajstić information content (AvgIpc) is 3.32. The van der Waals surface area contributed by atoms with Crippen LogP contribution in [0, 0.1) is 0 Å². The molecule has 0 aromatic heterocycles. The standard InChI is InChI=1S/C32H26ClNO6/c33-26-11-9-21(10-12-26)22-7-8-23-17-32(31(38)39,18-25(23)16-22)34-29(35)15-20-5-13-27(14-6-20)40-19-24-3-1-2-4-28(24)30(36)37/h1-14,16H,15,17-19H2,(H,34,35)(H,36,37)(H,38,39). The second-order valence-electron chi connectivity index (χ2n) is 9.85. The maximum Gasteiger partial charge on any atom is 0.336 e. The van der Waals surface area contributed by atoms with Gasteiger partial charge in [-0.05, 0) is 58.1 Å². The van der Waals surface area contributed by atoms with Gasteiger partial charge >= 0.3 is 11.9 Å². The van der Waals surface area contributed by atoms with E-state index in [-0.39, 0.29) is 31.4 Å². The van der Waals surface area contributed by atoms with Gasteiger partial charge in [0.1, 0.15) is 17.9 Å². The number of fused-ring (bicyclic) bond motifs is 1. The van der Waals surface area contributed by atoms with Crippen molar-refractivity contribution in [2.75, 3.05) is 0 Å². The predicted molar refractivity (Wildman–Crippen MR) is 151 cm³/mol. The van der Waals surface area contributed by atoms with E-state index < -0.39 is 23.4 Å². The van der Waals surface area contributed by atoms with Gasteiger partial charge in [0.25, 0.3) is 0 Å². The van der Waals surface area contributed by atoms with Crippen LogP contribution in [0.15, 0.2) is 91.0 Å². The number of carboxylic acids is 2. The lowest BCUT2D eigenvalue weighted by atomic mass is 9.95. The maximum absolute atomic E-state index is 13.0. The van der Waals surface area contributed by atoms with Crippen LogP contribution in [0.2, 0.25) is 5.02 Å². The molecule has 1 aliphatic carbocycles. The summed E-state index contributed by atoms with van der Waals surface area (Å²) >= 11 is 6.00. The first-order chi connectivity index (χ1) is 19.2. The van der Waals surface area contributed by atoms with Crippen LogP contribution in [0.25, 0.3) is 11.1 Å². The van der Waals surface area contributed by atoms with E-state index in [4.69, 9.17) is 16.3 Å². The number of carboxylic acid groups (broad SMARTS) is 2. The van der Waals surface area contributed by atoms with Crippen LogP contribution in [0.4, 0.5) is 0 Å². The minimum atomic E-state index is -1.42. The van der Waals surface area contributed by atoms with Gasteiger partial charge in [0.2, 0.25) is 5.91 Å². The smallest absolute Gasteiger partial charge is 0.336 e. The number of hydrogen-bond acceptors (Lipinski definition) is 4. The molecule has 0 aliphatic heterocycles.